The van der Waals surface area contributed by atoms with Gasteiger partial charge in [-0.2, -0.15) is 0 Å². The van der Waals surface area contributed by atoms with Gasteiger partial charge in [-0.25, -0.2) is 0 Å². The van der Waals surface area contributed by atoms with E-state index in [2.05, 4.69) is 0 Å². The molecule has 0 aliphatic carbocycles. The molecule has 2 amide bonds. The van der Waals surface area contributed by atoms with Gasteiger partial charge in [0.1, 0.15) is 0 Å². The van der Waals surface area contributed by atoms with Crippen molar-refractivity contribution >= 4 is 17.5 Å². The topological polar surface area (TPSA) is 60.9 Å². The molecule has 21 heavy (non-hydrogen) atoms. The number of hydrogen-bond donors (Lipinski definition) is 1. The number of benzene rings is 1. The van der Waals surface area contributed by atoms with Gasteiger partial charge in [0.05, 0.1) is 16.9 Å². The molecule has 1 aromatic carbocycles. The van der Waals surface area contributed by atoms with Gasteiger partial charge in [0, 0.05) is 27.1 Å². The van der Waals surface area contributed by atoms with Crippen LogP contribution in [-0.4, -0.2) is 47.6 Å². The lowest BCUT2D eigenvalue weighted by molar-refractivity contribution is -0.116. The predicted octanol–water partition coefficient (Wildman–Crippen LogP) is 1.66. The van der Waals surface area contributed by atoms with Crippen LogP contribution in [0.15, 0.2) is 24.3 Å². The third-order valence-corrected chi connectivity index (χ3v) is 3.93. The fourth-order valence-electron chi connectivity index (χ4n) is 2.68. The third-order valence-electron chi connectivity index (χ3n) is 3.93. The van der Waals surface area contributed by atoms with E-state index in [9.17, 15) is 14.7 Å². The minimum atomic E-state index is -0.838. The molecule has 1 atom stereocenters. The number of rotatable bonds is 2. The van der Waals surface area contributed by atoms with E-state index < -0.39 is 5.60 Å². The van der Waals surface area contributed by atoms with E-state index in [1.807, 2.05) is 0 Å². The summed E-state index contributed by atoms with van der Waals surface area (Å²) < 4.78 is 0. The Kier molecular flexibility index (Phi) is 4.32. The zero-order valence-corrected chi connectivity index (χ0v) is 12.8. The maximum atomic E-state index is 12.7. The Morgan fingerprint density at radius 1 is 1.33 bits per heavy atom. The smallest absolute Gasteiger partial charge is 0.256 e. The summed E-state index contributed by atoms with van der Waals surface area (Å²) in [4.78, 5) is 27.4. The first-order chi connectivity index (χ1) is 9.82. The summed E-state index contributed by atoms with van der Waals surface area (Å²) in [7, 11) is 1.65. The molecule has 5 heteroatoms. The number of likely N-dealkylation sites (tertiary alicyclic amines) is 1. The highest BCUT2D eigenvalue weighted by Gasteiger charge is 2.32. The molecule has 1 aliphatic rings. The molecule has 0 aromatic heterocycles. The normalized spacial score (nSPS) is 22.0. The van der Waals surface area contributed by atoms with Gasteiger partial charge in [-0.3, -0.25) is 9.59 Å². The maximum absolute atomic E-state index is 12.7. The Morgan fingerprint density at radius 3 is 2.62 bits per heavy atom. The SMILES string of the molecule is CC(=O)N(C)c1ccccc1C(=O)N1CCCC(C)(O)C1. The fourth-order valence-corrected chi connectivity index (χ4v) is 2.68. The molecule has 1 aromatic rings. The van der Waals surface area contributed by atoms with E-state index in [0.717, 1.165) is 6.42 Å². The minimum Gasteiger partial charge on any atom is -0.388 e. The van der Waals surface area contributed by atoms with Gasteiger partial charge in [-0.05, 0) is 31.9 Å². The first-order valence-electron chi connectivity index (χ1n) is 7.17. The predicted molar refractivity (Wildman–Crippen MR) is 81.3 cm³/mol. The maximum Gasteiger partial charge on any atom is 0.256 e. The second kappa shape index (κ2) is 5.85. The standard InChI is InChI=1S/C16H22N2O3/c1-12(19)17(3)14-8-5-4-7-13(14)15(20)18-10-6-9-16(2,21)11-18/h4-5,7-8,21H,6,9-11H2,1-3H3. The first-order valence-corrected chi connectivity index (χ1v) is 7.17. The Bertz CT molecular complexity index is 554. The summed E-state index contributed by atoms with van der Waals surface area (Å²) in [6.07, 6.45) is 1.48. The zero-order valence-electron chi connectivity index (χ0n) is 12.8. The number of para-hydroxylation sites is 1. The number of anilines is 1. The molecule has 0 spiro atoms. The van der Waals surface area contributed by atoms with Gasteiger partial charge in [0.2, 0.25) is 5.91 Å². The number of piperidine rings is 1. The Labute approximate surface area is 125 Å². The quantitative estimate of drug-likeness (QED) is 0.901. The lowest BCUT2D eigenvalue weighted by Gasteiger charge is -2.37. The van der Waals surface area contributed by atoms with Crippen LogP contribution in [0.1, 0.15) is 37.0 Å². The van der Waals surface area contributed by atoms with Crippen LogP contribution < -0.4 is 4.90 Å². The van der Waals surface area contributed by atoms with Crippen molar-refractivity contribution in [2.75, 3.05) is 25.0 Å². The van der Waals surface area contributed by atoms with Crippen molar-refractivity contribution < 1.29 is 14.7 Å². The first kappa shape index (κ1) is 15.5. The van der Waals surface area contributed by atoms with Crippen LogP contribution in [0.3, 0.4) is 0 Å². The number of hydrogen-bond acceptors (Lipinski definition) is 3. The summed E-state index contributed by atoms with van der Waals surface area (Å²) in [6.45, 7) is 4.17. The van der Waals surface area contributed by atoms with E-state index in [4.69, 9.17) is 0 Å². The number of carbonyl (C=O) groups excluding carboxylic acids is 2. The van der Waals surface area contributed by atoms with Gasteiger partial charge in [0.15, 0.2) is 0 Å². The zero-order chi connectivity index (χ0) is 15.6. The molecule has 0 radical (unpaired) electrons. The highest BCUT2D eigenvalue weighted by molar-refractivity contribution is 6.04. The van der Waals surface area contributed by atoms with E-state index in [0.29, 0.717) is 30.8 Å². The molecule has 1 N–H and O–H groups in total. The monoisotopic (exact) mass is 290 g/mol. The highest BCUT2D eigenvalue weighted by Crippen LogP contribution is 2.25. The lowest BCUT2D eigenvalue weighted by atomic mass is 9.94. The summed E-state index contributed by atoms with van der Waals surface area (Å²) in [5, 5.41) is 10.1. The van der Waals surface area contributed by atoms with Crippen molar-refractivity contribution in [2.24, 2.45) is 0 Å². The molecule has 1 heterocycles. The molecule has 0 bridgehead atoms. The minimum absolute atomic E-state index is 0.124. The van der Waals surface area contributed by atoms with Gasteiger partial charge >= 0.3 is 0 Å². The average molecular weight is 290 g/mol. The number of β-amino-alcohol motifs (C(OH)–C–C–N with tert-alkyl or cyclic N) is 1. The van der Waals surface area contributed by atoms with Crippen molar-refractivity contribution in [1.82, 2.24) is 4.90 Å². The number of nitrogens with zero attached hydrogens (tertiary/aromatic N) is 2. The van der Waals surface area contributed by atoms with Crippen LogP contribution in [0.25, 0.3) is 0 Å². The van der Waals surface area contributed by atoms with Crippen molar-refractivity contribution in [3.8, 4) is 0 Å². The van der Waals surface area contributed by atoms with E-state index >= 15 is 0 Å². The Morgan fingerprint density at radius 2 is 2.00 bits per heavy atom. The van der Waals surface area contributed by atoms with Crippen LogP contribution in [0.4, 0.5) is 5.69 Å². The summed E-state index contributed by atoms with van der Waals surface area (Å²) in [5.41, 5.74) is 0.253. The summed E-state index contributed by atoms with van der Waals surface area (Å²) in [6, 6.07) is 7.07. The molecule has 0 saturated carbocycles. The van der Waals surface area contributed by atoms with Crippen LogP contribution in [0.5, 0.6) is 0 Å². The van der Waals surface area contributed by atoms with Crippen LogP contribution in [-0.2, 0) is 4.79 Å². The second-order valence-electron chi connectivity index (χ2n) is 5.92. The highest BCUT2D eigenvalue weighted by atomic mass is 16.3. The molecule has 1 unspecified atom stereocenters. The third kappa shape index (κ3) is 3.42. The molecule has 114 valence electrons. The largest absolute Gasteiger partial charge is 0.388 e. The number of aliphatic hydroxyl groups is 1. The van der Waals surface area contributed by atoms with Crippen molar-refractivity contribution in [2.45, 2.75) is 32.3 Å². The van der Waals surface area contributed by atoms with Gasteiger partial charge in [0.25, 0.3) is 5.91 Å². The summed E-state index contributed by atoms with van der Waals surface area (Å²) >= 11 is 0. The van der Waals surface area contributed by atoms with E-state index in [1.165, 1.54) is 11.8 Å². The fraction of sp³-hybridized carbons (Fsp3) is 0.500. The van der Waals surface area contributed by atoms with E-state index in [1.54, 1.807) is 43.1 Å². The molecule has 1 saturated heterocycles. The lowest BCUT2D eigenvalue weighted by Crippen LogP contribution is -2.48. The van der Waals surface area contributed by atoms with E-state index in [-0.39, 0.29) is 11.8 Å². The summed E-state index contributed by atoms with van der Waals surface area (Å²) in [5.74, 6) is -0.264. The Balaban J connectivity index is 2.29. The average Bonchev–Trinajstić information content (AvgIpc) is 2.44. The van der Waals surface area contributed by atoms with Crippen LogP contribution in [0, 0.1) is 0 Å². The van der Waals surface area contributed by atoms with Crippen molar-refractivity contribution in [3.63, 3.8) is 0 Å². The molecule has 5 nitrogen and oxygen atoms in total. The van der Waals surface area contributed by atoms with Crippen LogP contribution in [0.2, 0.25) is 0 Å². The van der Waals surface area contributed by atoms with Gasteiger partial charge < -0.3 is 14.9 Å². The Hall–Kier alpha value is -1.88. The molecular weight excluding hydrogens is 268 g/mol. The molecule has 2 rings (SSSR count). The van der Waals surface area contributed by atoms with Crippen molar-refractivity contribution in [1.29, 1.82) is 0 Å². The van der Waals surface area contributed by atoms with Gasteiger partial charge in [-0.1, -0.05) is 12.1 Å². The van der Waals surface area contributed by atoms with Gasteiger partial charge in [-0.15, -0.1) is 0 Å². The number of amides is 2. The van der Waals surface area contributed by atoms with Crippen LogP contribution >= 0.6 is 0 Å². The van der Waals surface area contributed by atoms with Crippen molar-refractivity contribution in [3.05, 3.63) is 29.8 Å². The molecular formula is C16H22N2O3. The number of carbonyl (C=O) groups is 2. The molecule has 1 fully saturated rings. The second-order valence-corrected chi connectivity index (χ2v) is 5.92. The molecule has 1 aliphatic heterocycles.